The lowest BCUT2D eigenvalue weighted by Gasteiger charge is -2.12. The summed E-state index contributed by atoms with van der Waals surface area (Å²) in [6.45, 7) is 0. The zero-order valence-corrected chi connectivity index (χ0v) is 11.8. The number of methoxy groups -OCH3 is 3. The molecule has 0 fully saturated rings. The predicted molar refractivity (Wildman–Crippen MR) is 68.4 cm³/mol. The van der Waals surface area contributed by atoms with Crippen molar-refractivity contribution in [3.05, 3.63) is 12.1 Å². The molecule has 1 heterocycles. The maximum atomic E-state index is 10.8. The van der Waals surface area contributed by atoms with Crippen LogP contribution in [0, 0.1) is 0 Å². The Morgan fingerprint density at radius 2 is 1.70 bits per heavy atom. The van der Waals surface area contributed by atoms with Gasteiger partial charge in [0.05, 0.1) is 21.3 Å². The van der Waals surface area contributed by atoms with E-state index in [1.807, 2.05) is 0 Å². The van der Waals surface area contributed by atoms with Gasteiger partial charge in [0.25, 0.3) is 0 Å². The Morgan fingerprint density at radius 3 is 2.10 bits per heavy atom. The Kier molecular flexibility index (Phi) is 4.20. The van der Waals surface area contributed by atoms with E-state index in [0.717, 1.165) is 0 Å². The summed E-state index contributed by atoms with van der Waals surface area (Å²) in [5, 5.41) is 6.78. The van der Waals surface area contributed by atoms with E-state index in [9.17, 15) is 4.21 Å². The Hall–Kier alpha value is -2.13. The van der Waals surface area contributed by atoms with Crippen molar-refractivity contribution in [2.45, 2.75) is 5.22 Å². The molecule has 0 aliphatic carbocycles. The van der Waals surface area contributed by atoms with Gasteiger partial charge in [-0.1, -0.05) is 5.10 Å². The standard InChI is InChI=1S/C11H12N2O6S/c1-16-7-4-6(5-8(17-2)9(7)18-3)10-12-13-11(19-10)20(14)15/h4-5H,1-3H3,(H,14,15). The molecular formula is C11H12N2O6S. The summed E-state index contributed by atoms with van der Waals surface area (Å²) < 4.78 is 40.4. The molecule has 0 radical (unpaired) electrons. The van der Waals surface area contributed by atoms with Crippen LogP contribution in [0.25, 0.3) is 11.5 Å². The molecule has 8 nitrogen and oxygen atoms in total. The van der Waals surface area contributed by atoms with Crippen LogP contribution in [0.2, 0.25) is 0 Å². The van der Waals surface area contributed by atoms with Crippen molar-refractivity contribution in [2.75, 3.05) is 21.3 Å². The molecule has 1 N–H and O–H groups in total. The van der Waals surface area contributed by atoms with Gasteiger partial charge in [-0.15, -0.1) is 5.10 Å². The molecule has 0 saturated carbocycles. The molecule has 1 aromatic carbocycles. The van der Waals surface area contributed by atoms with Gasteiger partial charge in [-0.2, -0.15) is 0 Å². The number of benzene rings is 1. The van der Waals surface area contributed by atoms with Crippen molar-refractivity contribution in [1.29, 1.82) is 0 Å². The van der Waals surface area contributed by atoms with Gasteiger partial charge in [-0.25, -0.2) is 4.21 Å². The molecule has 0 bridgehead atoms. The molecule has 0 spiro atoms. The number of nitrogens with zero attached hydrogens (tertiary/aromatic N) is 2. The number of aromatic nitrogens is 2. The summed E-state index contributed by atoms with van der Waals surface area (Å²) in [6, 6.07) is 3.19. The van der Waals surface area contributed by atoms with Gasteiger partial charge in [0.15, 0.2) is 11.5 Å². The molecule has 1 unspecified atom stereocenters. The van der Waals surface area contributed by atoms with Crippen LogP contribution in [0.1, 0.15) is 0 Å². The predicted octanol–water partition coefficient (Wildman–Crippen LogP) is 1.34. The number of hydrogen-bond acceptors (Lipinski definition) is 7. The second kappa shape index (κ2) is 5.88. The summed E-state index contributed by atoms with van der Waals surface area (Å²) in [7, 11) is 4.44. The molecular weight excluding hydrogens is 288 g/mol. The third-order valence-corrected chi connectivity index (χ3v) is 2.93. The minimum Gasteiger partial charge on any atom is -0.493 e. The van der Waals surface area contributed by atoms with Gasteiger partial charge in [-0.05, 0) is 12.1 Å². The van der Waals surface area contributed by atoms with Crippen LogP contribution in [-0.4, -0.2) is 40.3 Å². The van der Waals surface area contributed by atoms with Crippen LogP contribution < -0.4 is 14.2 Å². The van der Waals surface area contributed by atoms with E-state index >= 15 is 0 Å². The van der Waals surface area contributed by atoms with Gasteiger partial charge in [-0.3, -0.25) is 4.55 Å². The smallest absolute Gasteiger partial charge is 0.335 e. The van der Waals surface area contributed by atoms with E-state index in [-0.39, 0.29) is 11.1 Å². The van der Waals surface area contributed by atoms with Gasteiger partial charge < -0.3 is 18.6 Å². The average Bonchev–Trinajstić information content (AvgIpc) is 2.95. The van der Waals surface area contributed by atoms with Crippen molar-refractivity contribution in [1.82, 2.24) is 10.2 Å². The fourth-order valence-electron chi connectivity index (χ4n) is 1.60. The summed E-state index contributed by atoms with van der Waals surface area (Å²) >= 11 is -2.33. The summed E-state index contributed by atoms with van der Waals surface area (Å²) in [5.74, 6) is 1.31. The molecule has 2 aromatic rings. The van der Waals surface area contributed by atoms with Gasteiger partial charge in [0.2, 0.25) is 22.7 Å². The Bertz CT molecular complexity index is 617. The maximum absolute atomic E-state index is 10.8. The molecule has 0 amide bonds. The molecule has 1 aromatic heterocycles. The highest BCUT2D eigenvalue weighted by Gasteiger charge is 2.18. The third kappa shape index (κ3) is 2.58. The van der Waals surface area contributed by atoms with Crippen molar-refractivity contribution < 1.29 is 27.4 Å². The highest BCUT2D eigenvalue weighted by molar-refractivity contribution is 7.78. The number of rotatable bonds is 5. The summed E-state index contributed by atoms with van der Waals surface area (Å²) in [6.07, 6.45) is 0. The number of ether oxygens (including phenoxy) is 3. The van der Waals surface area contributed by atoms with E-state index in [1.54, 1.807) is 12.1 Å². The fourth-order valence-corrected chi connectivity index (χ4v) is 1.86. The van der Waals surface area contributed by atoms with Crippen LogP contribution in [-0.2, 0) is 11.1 Å². The first-order chi connectivity index (χ1) is 9.60. The average molecular weight is 300 g/mol. The van der Waals surface area contributed by atoms with Crippen molar-refractivity contribution in [2.24, 2.45) is 0 Å². The zero-order chi connectivity index (χ0) is 14.7. The van der Waals surface area contributed by atoms with Crippen molar-refractivity contribution in [3.63, 3.8) is 0 Å². The lowest BCUT2D eigenvalue weighted by molar-refractivity contribution is 0.324. The Labute approximate surface area is 117 Å². The molecule has 0 aliphatic rings. The highest BCUT2D eigenvalue weighted by Crippen LogP contribution is 2.40. The summed E-state index contributed by atoms with van der Waals surface area (Å²) in [5.41, 5.74) is 0.476. The van der Waals surface area contributed by atoms with E-state index in [1.165, 1.54) is 21.3 Å². The largest absolute Gasteiger partial charge is 0.493 e. The first-order valence-corrected chi connectivity index (χ1v) is 6.46. The minimum absolute atomic E-state index is 0.0710. The van der Waals surface area contributed by atoms with E-state index < -0.39 is 11.1 Å². The molecule has 20 heavy (non-hydrogen) atoms. The topological polar surface area (TPSA) is 104 Å². The first-order valence-electron chi connectivity index (χ1n) is 5.35. The molecule has 9 heteroatoms. The van der Waals surface area contributed by atoms with Crippen LogP contribution >= 0.6 is 0 Å². The monoisotopic (exact) mass is 300 g/mol. The molecule has 108 valence electrons. The summed E-state index contributed by atoms with van der Waals surface area (Å²) in [4.78, 5) is 0. The first kappa shape index (κ1) is 14.3. The molecule has 1 atom stereocenters. The van der Waals surface area contributed by atoms with E-state index in [4.69, 9.17) is 23.2 Å². The maximum Gasteiger partial charge on any atom is 0.335 e. The van der Waals surface area contributed by atoms with Crippen LogP contribution in [0.15, 0.2) is 21.8 Å². The van der Waals surface area contributed by atoms with Crippen LogP contribution in [0.3, 0.4) is 0 Å². The van der Waals surface area contributed by atoms with E-state index in [2.05, 4.69) is 10.2 Å². The Morgan fingerprint density at radius 1 is 1.10 bits per heavy atom. The second-order valence-electron chi connectivity index (χ2n) is 3.54. The van der Waals surface area contributed by atoms with Crippen LogP contribution in [0.4, 0.5) is 0 Å². The van der Waals surface area contributed by atoms with E-state index in [0.29, 0.717) is 22.8 Å². The molecule has 2 rings (SSSR count). The fraction of sp³-hybridized carbons (Fsp3) is 0.273. The van der Waals surface area contributed by atoms with Crippen molar-refractivity contribution >= 4 is 11.1 Å². The minimum atomic E-state index is -2.33. The normalized spacial score (nSPS) is 12.0. The third-order valence-electron chi connectivity index (χ3n) is 2.47. The number of hydrogen-bond donors (Lipinski definition) is 1. The lowest BCUT2D eigenvalue weighted by Crippen LogP contribution is -1.95. The second-order valence-corrected chi connectivity index (χ2v) is 4.38. The van der Waals surface area contributed by atoms with Crippen molar-refractivity contribution in [3.8, 4) is 28.7 Å². The lowest BCUT2D eigenvalue weighted by atomic mass is 10.2. The quantitative estimate of drug-likeness (QED) is 0.825. The SMILES string of the molecule is COc1cc(-c2nnc(S(=O)O)o2)cc(OC)c1OC. The zero-order valence-electron chi connectivity index (χ0n) is 10.9. The van der Waals surface area contributed by atoms with Gasteiger partial charge in [0.1, 0.15) is 0 Å². The molecule has 0 aliphatic heterocycles. The van der Waals surface area contributed by atoms with Gasteiger partial charge >= 0.3 is 5.22 Å². The molecule has 0 saturated heterocycles. The van der Waals surface area contributed by atoms with Gasteiger partial charge in [0, 0.05) is 5.56 Å². The Balaban J connectivity index is 2.53. The van der Waals surface area contributed by atoms with Crippen LogP contribution in [0.5, 0.6) is 17.2 Å². The highest BCUT2D eigenvalue weighted by atomic mass is 32.2.